The molecule has 1 aromatic carbocycles. The molecule has 5 nitrogen and oxygen atoms in total. The number of allylic oxidation sites excluding steroid dienone is 1. The van der Waals surface area contributed by atoms with E-state index in [0.717, 1.165) is 11.1 Å². The summed E-state index contributed by atoms with van der Waals surface area (Å²) in [5.41, 5.74) is 1.55. The average molecular weight is 246 g/mol. The number of ether oxygens (including phenoxy) is 1. The van der Waals surface area contributed by atoms with Gasteiger partial charge in [0.25, 0.3) is 0 Å². The zero-order valence-electron chi connectivity index (χ0n) is 10.5. The Morgan fingerprint density at radius 2 is 2.17 bits per heavy atom. The van der Waals surface area contributed by atoms with Gasteiger partial charge in [0.2, 0.25) is 11.7 Å². The van der Waals surface area contributed by atoms with Crippen molar-refractivity contribution in [2.24, 2.45) is 0 Å². The van der Waals surface area contributed by atoms with Gasteiger partial charge in [0, 0.05) is 12.5 Å². The van der Waals surface area contributed by atoms with Gasteiger partial charge < -0.3 is 14.4 Å². The highest BCUT2D eigenvalue weighted by atomic mass is 16.5. The second kappa shape index (κ2) is 4.91. The van der Waals surface area contributed by atoms with Gasteiger partial charge in [-0.3, -0.25) is 0 Å². The fraction of sp³-hybridized carbons (Fsp3) is 0.231. The molecule has 94 valence electrons. The highest BCUT2D eigenvalue weighted by molar-refractivity contribution is 5.74. The standard InChI is InChI=1S/C13H14N2O3/c1-4-5-9-6-11(16)12(17-3)7-10(9)13-14-8(2)18-15-13/h4-7,16H,1-3H3/b5-4+. The number of phenols is 1. The number of aromatic hydroxyl groups is 1. The first-order valence-electron chi connectivity index (χ1n) is 5.50. The number of methoxy groups -OCH3 is 1. The molecule has 0 aliphatic heterocycles. The Bertz CT molecular complexity index is 588. The van der Waals surface area contributed by atoms with Gasteiger partial charge >= 0.3 is 0 Å². The smallest absolute Gasteiger partial charge is 0.223 e. The number of benzene rings is 1. The molecule has 0 aliphatic carbocycles. The van der Waals surface area contributed by atoms with E-state index in [0.29, 0.717) is 17.5 Å². The van der Waals surface area contributed by atoms with Crippen LogP contribution in [0.2, 0.25) is 0 Å². The van der Waals surface area contributed by atoms with Crippen LogP contribution in [-0.2, 0) is 0 Å². The lowest BCUT2D eigenvalue weighted by molar-refractivity contribution is 0.373. The summed E-state index contributed by atoms with van der Waals surface area (Å²) in [6.45, 7) is 3.62. The van der Waals surface area contributed by atoms with E-state index < -0.39 is 0 Å². The van der Waals surface area contributed by atoms with Gasteiger partial charge in [-0.2, -0.15) is 4.98 Å². The molecule has 1 heterocycles. The number of rotatable bonds is 3. The number of hydrogen-bond acceptors (Lipinski definition) is 5. The average Bonchev–Trinajstić information content (AvgIpc) is 2.76. The molecular weight excluding hydrogens is 232 g/mol. The summed E-state index contributed by atoms with van der Waals surface area (Å²) in [7, 11) is 1.50. The van der Waals surface area contributed by atoms with E-state index in [1.54, 1.807) is 19.1 Å². The Morgan fingerprint density at radius 3 is 2.72 bits per heavy atom. The Balaban J connectivity index is 2.62. The van der Waals surface area contributed by atoms with Crippen molar-refractivity contribution in [3.05, 3.63) is 29.7 Å². The van der Waals surface area contributed by atoms with Gasteiger partial charge in [-0.15, -0.1) is 0 Å². The molecule has 0 fully saturated rings. The molecule has 1 aromatic heterocycles. The van der Waals surface area contributed by atoms with Gasteiger partial charge in [-0.05, 0) is 24.6 Å². The predicted octanol–water partition coefficient (Wildman–Crippen LogP) is 2.79. The quantitative estimate of drug-likeness (QED) is 0.901. The minimum absolute atomic E-state index is 0.0783. The molecule has 18 heavy (non-hydrogen) atoms. The van der Waals surface area contributed by atoms with E-state index in [2.05, 4.69) is 10.1 Å². The van der Waals surface area contributed by atoms with Crippen LogP contribution in [-0.4, -0.2) is 22.4 Å². The molecule has 0 radical (unpaired) electrons. The van der Waals surface area contributed by atoms with E-state index in [-0.39, 0.29) is 5.75 Å². The highest BCUT2D eigenvalue weighted by Gasteiger charge is 2.14. The van der Waals surface area contributed by atoms with Gasteiger partial charge in [-0.25, -0.2) is 0 Å². The van der Waals surface area contributed by atoms with E-state index in [4.69, 9.17) is 9.26 Å². The van der Waals surface area contributed by atoms with Gasteiger partial charge in [0.1, 0.15) is 0 Å². The maximum atomic E-state index is 9.77. The van der Waals surface area contributed by atoms with Crippen molar-refractivity contribution in [1.29, 1.82) is 0 Å². The summed E-state index contributed by atoms with van der Waals surface area (Å²) in [4.78, 5) is 4.18. The maximum Gasteiger partial charge on any atom is 0.223 e. The Kier molecular flexibility index (Phi) is 3.32. The molecule has 0 amide bonds. The zero-order chi connectivity index (χ0) is 13.1. The monoisotopic (exact) mass is 246 g/mol. The lowest BCUT2D eigenvalue weighted by atomic mass is 10.1. The largest absolute Gasteiger partial charge is 0.504 e. The predicted molar refractivity (Wildman–Crippen MR) is 67.4 cm³/mol. The summed E-state index contributed by atoms with van der Waals surface area (Å²) < 4.78 is 10.1. The molecular formula is C13H14N2O3. The molecule has 1 N–H and O–H groups in total. The minimum atomic E-state index is 0.0783. The van der Waals surface area contributed by atoms with Gasteiger partial charge in [0.15, 0.2) is 11.5 Å². The van der Waals surface area contributed by atoms with E-state index in [9.17, 15) is 5.11 Å². The molecule has 0 aliphatic rings. The molecule has 0 saturated carbocycles. The van der Waals surface area contributed by atoms with E-state index in [1.165, 1.54) is 7.11 Å². The molecule has 2 aromatic rings. The third-order valence-electron chi connectivity index (χ3n) is 2.47. The topological polar surface area (TPSA) is 68.4 Å². The normalized spacial score (nSPS) is 11.1. The van der Waals surface area contributed by atoms with Crippen molar-refractivity contribution in [2.45, 2.75) is 13.8 Å². The van der Waals surface area contributed by atoms with E-state index in [1.807, 2.05) is 19.1 Å². The molecule has 0 unspecified atom stereocenters. The Morgan fingerprint density at radius 1 is 1.39 bits per heavy atom. The summed E-state index contributed by atoms with van der Waals surface area (Å²) in [6.07, 6.45) is 3.73. The van der Waals surface area contributed by atoms with Crippen LogP contribution >= 0.6 is 0 Å². The fourth-order valence-electron chi connectivity index (χ4n) is 1.67. The Hall–Kier alpha value is -2.30. The first kappa shape index (κ1) is 12.2. The molecule has 0 bridgehead atoms. The second-order valence-electron chi connectivity index (χ2n) is 3.75. The van der Waals surface area contributed by atoms with Crippen molar-refractivity contribution in [3.63, 3.8) is 0 Å². The van der Waals surface area contributed by atoms with Crippen LogP contribution in [0, 0.1) is 6.92 Å². The van der Waals surface area contributed by atoms with E-state index >= 15 is 0 Å². The van der Waals surface area contributed by atoms with Crippen molar-refractivity contribution in [3.8, 4) is 22.9 Å². The molecule has 0 saturated heterocycles. The van der Waals surface area contributed by atoms with Crippen LogP contribution < -0.4 is 4.74 Å². The summed E-state index contributed by atoms with van der Waals surface area (Å²) >= 11 is 0. The molecule has 0 atom stereocenters. The van der Waals surface area contributed by atoms with Crippen molar-refractivity contribution in [1.82, 2.24) is 10.1 Å². The second-order valence-corrected chi connectivity index (χ2v) is 3.75. The summed E-state index contributed by atoms with van der Waals surface area (Å²) in [5.74, 6) is 1.41. The third-order valence-corrected chi connectivity index (χ3v) is 2.47. The highest BCUT2D eigenvalue weighted by Crippen LogP contribution is 2.34. The fourth-order valence-corrected chi connectivity index (χ4v) is 1.67. The first-order chi connectivity index (χ1) is 8.65. The van der Waals surface area contributed by atoms with Crippen molar-refractivity contribution >= 4 is 6.08 Å². The van der Waals surface area contributed by atoms with Gasteiger partial charge in [0.05, 0.1) is 7.11 Å². The lowest BCUT2D eigenvalue weighted by Crippen LogP contribution is -1.90. The lowest BCUT2D eigenvalue weighted by Gasteiger charge is -2.08. The van der Waals surface area contributed by atoms with Crippen LogP contribution in [0.4, 0.5) is 0 Å². The third kappa shape index (κ3) is 2.20. The molecule has 2 rings (SSSR count). The molecule has 5 heteroatoms. The number of phenolic OH excluding ortho intramolecular Hbond substituents is 1. The van der Waals surface area contributed by atoms with Crippen LogP contribution in [0.15, 0.2) is 22.7 Å². The minimum Gasteiger partial charge on any atom is -0.504 e. The zero-order valence-corrected chi connectivity index (χ0v) is 10.5. The Labute approximate surface area is 105 Å². The van der Waals surface area contributed by atoms with Crippen LogP contribution in [0.25, 0.3) is 17.5 Å². The van der Waals surface area contributed by atoms with Crippen LogP contribution in [0.5, 0.6) is 11.5 Å². The number of hydrogen-bond donors (Lipinski definition) is 1. The van der Waals surface area contributed by atoms with Crippen LogP contribution in [0.3, 0.4) is 0 Å². The van der Waals surface area contributed by atoms with Gasteiger partial charge in [-0.1, -0.05) is 17.3 Å². The number of nitrogens with zero attached hydrogens (tertiary/aromatic N) is 2. The summed E-state index contributed by atoms with van der Waals surface area (Å²) in [6, 6.07) is 3.30. The SMILES string of the molecule is C/C=C/c1cc(O)c(OC)cc1-c1noc(C)n1. The molecule has 0 spiro atoms. The van der Waals surface area contributed by atoms with Crippen molar-refractivity contribution in [2.75, 3.05) is 7.11 Å². The van der Waals surface area contributed by atoms with Crippen LogP contribution in [0.1, 0.15) is 18.4 Å². The summed E-state index contributed by atoms with van der Waals surface area (Å²) in [5, 5.41) is 13.6. The van der Waals surface area contributed by atoms with Crippen molar-refractivity contribution < 1.29 is 14.4 Å². The number of aryl methyl sites for hydroxylation is 1. The maximum absolute atomic E-state index is 9.77. The first-order valence-corrected chi connectivity index (χ1v) is 5.50. The number of aromatic nitrogens is 2.